The molecule has 8 heteroatoms. The van der Waals surface area contributed by atoms with E-state index in [1.54, 1.807) is 35.6 Å². The minimum absolute atomic E-state index is 0. The smallest absolute Gasteiger partial charge is 0.251 e. The molecular weight excluding hydrogens is 416 g/mol. The van der Waals surface area contributed by atoms with Crippen molar-refractivity contribution in [3.05, 3.63) is 95.6 Å². The molecule has 8 nitrogen and oxygen atoms in total. The molecule has 1 aliphatic heterocycles. The number of hydrazine groups is 2. The Morgan fingerprint density at radius 2 is 1.73 bits per heavy atom. The summed E-state index contributed by atoms with van der Waals surface area (Å²) in [4.78, 5) is 26.1. The molecule has 3 aromatic carbocycles. The van der Waals surface area contributed by atoms with Crippen molar-refractivity contribution in [2.75, 3.05) is 10.3 Å². The maximum absolute atomic E-state index is 13.3. The third kappa shape index (κ3) is 5.55. The molecule has 1 aliphatic rings. The molecule has 0 saturated heterocycles. The molecule has 1 unspecified atom stereocenters. The SMILES string of the molecule is Cc1c(NC(=O)C(CCc2ccccc2)NC(=O)c2ccccc2)cccc1N1C=NNN1.[HH].[HH]. The van der Waals surface area contributed by atoms with Crippen LogP contribution in [0.3, 0.4) is 0 Å². The van der Waals surface area contributed by atoms with Gasteiger partial charge in [0.2, 0.25) is 5.91 Å². The second kappa shape index (κ2) is 10.4. The number of carbonyl (C=O) groups is 2. The number of amides is 2. The van der Waals surface area contributed by atoms with Gasteiger partial charge in [0.1, 0.15) is 12.4 Å². The zero-order valence-corrected chi connectivity index (χ0v) is 18.3. The molecule has 0 fully saturated rings. The van der Waals surface area contributed by atoms with Crippen molar-refractivity contribution in [3.8, 4) is 0 Å². The van der Waals surface area contributed by atoms with Crippen molar-refractivity contribution in [1.82, 2.24) is 16.4 Å². The van der Waals surface area contributed by atoms with Crippen LogP contribution in [0.15, 0.2) is 84.0 Å². The number of carbonyl (C=O) groups excluding carboxylic acids is 2. The first-order valence-corrected chi connectivity index (χ1v) is 10.8. The summed E-state index contributed by atoms with van der Waals surface area (Å²) in [5.74, 6) is -0.547. The van der Waals surface area contributed by atoms with Gasteiger partial charge in [-0.15, -0.1) is 5.53 Å². The summed E-state index contributed by atoms with van der Waals surface area (Å²) < 4.78 is 0. The number of aryl methyl sites for hydroxylation is 1. The van der Waals surface area contributed by atoms with Crippen molar-refractivity contribution >= 4 is 29.5 Å². The van der Waals surface area contributed by atoms with Crippen molar-refractivity contribution in [2.45, 2.75) is 25.8 Å². The second-order valence-electron chi connectivity index (χ2n) is 7.69. The van der Waals surface area contributed by atoms with E-state index in [1.807, 2.05) is 61.5 Å². The summed E-state index contributed by atoms with van der Waals surface area (Å²) in [6.45, 7) is 1.92. The highest BCUT2D eigenvalue weighted by molar-refractivity contribution is 6.02. The largest absolute Gasteiger partial charge is 0.340 e. The first-order chi connectivity index (χ1) is 16.1. The molecule has 0 spiro atoms. The van der Waals surface area contributed by atoms with E-state index in [0.717, 1.165) is 16.8 Å². The van der Waals surface area contributed by atoms with E-state index in [-0.39, 0.29) is 14.7 Å². The predicted octanol–water partition coefficient (Wildman–Crippen LogP) is 3.63. The summed E-state index contributed by atoms with van der Waals surface area (Å²) in [6.07, 6.45) is 2.74. The third-order valence-corrected chi connectivity index (χ3v) is 5.45. The van der Waals surface area contributed by atoms with Gasteiger partial charge in [-0.05, 0) is 55.2 Å². The highest BCUT2D eigenvalue weighted by Crippen LogP contribution is 2.26. The molecule has 4 N–H and O–H groups in total. The fourth-order valence-electron chi connectivity index (χ4n) is 3.62. The lowest BCUT2D eigenvalue weighted by molar-refractivity contribution is -0.118. The van der Waals surface area contributed by atoms with Crippen LogP contribution in [0, 0.1) is 6.92 Å². The van der Waals surface area contributed by atoms with Crippen molar-refractivity contribution in [2.24, 2.45) is 5.10 Å². The Balaban J connectivity index is 0.00000216. The Kier molecular flexibility index (Phi) is 6.96. The highest BCUT2D eigenvalue weighted by atomic mass is 16.2. The first-order valence-electron chi connectivity index (χ1n) is 10.8. The summed E-state index contributed by atoms with van der Waals surface area (Å²) in [5.41, 5.74) is 9.54. The quantitative estimate of drug-likeness (QED) is 0.424. The standard InChI is InChI=1S/C25H26N6O2.2H2/c1-18-21(13-8-14-23(18)31-17-26-29-30-31)27-25(33)22(16-15-19-9-4-2-5-10-19)28-24(32)20-11-6-3-7-12-20;;/h2-14,17,22,29-30H,15-16H2,1H3,(H,27,33)(H,28,32);2*1H. The van der Waals surface area contributed by atoms with Gasteiger partial charge in [-0.3, -0.25) is 9.59 Å². The van der Waals surface area contributed by atoms with Crippen LogP contribution in [0.2, 0.25) is 0 Å². The molecule has 0 saturated carbocycles. The van der Waals surface area contributed by atoms with Crippen LogP contribution in [0.25, 0.3) is 0 Å². The number of rotatable bonds is 8. The van der Waals surface area contributed by atoms with Crippen LogP contribution in [-0.2, 0) is 11.2 Å². The maximum Gasteiger partial charge on any atom is 0.251 e. The zero-order chi connectivity index (χ0) is 23.0. The Hall–Kier alpha value is -4.17. The van der Waals surface area contributed by atoms with Crippen LogP contribution in [0.4, 0.5) is 11.4 Å². The number of nitrogens with zero attached hydrogens (tertiary/aromatic N) is 2. The molecule has 1 heterocycles. The second-order valence-corrected chi connectivity index (χ2v) is 7.69. The van der Waals surface area contributed by atoms with E-state index in [2.05, 4.69) is 26.8 Å². The Bertz CT molecular complexity index is 1150. The van der Waals surface area contributed by atoms with Crippen LogP contribution >= 0.6 is 0 Å². The third-order valence-electron chi connectivity index (χ3n) is 5.45. The minimum atomic E-state index is -0.700. The van der Waals surface area contributed by atoms with E-state index in [1.165, 1.54) is 0 Å². The number of hydrogen-bond donors (Lipinski definition) is 4. The Morgan fingerprint density at radius 1 is 1.00 bits per heavy atom. The van der Waals surface area contributed by atoms with Gasteiger partial charge in [0, 0.05) is 14.1 Å². The van der Waals surface area contributed by atoms with E-state index >= 15 is 0 Å². The van der Waals surface area contributed by atoms with Crippen molar-refractivity contribution in [1.29, 1.82) is 0 Å². The number of hydrazone groups is 1. The average Bonchev–Trinajstić information content (AvgIpc) is 3.39. The van der Waals surface area contributed by atoms with Gasteiger partial charge >= 0.3 is 0 Å². The minimum Gasteiger partial charge on any atom is -0.340 e. The van der Waals surface area contributed by atoms with Crippen LogP contribution in [0.5, 0.6) is 0 Å². The maximum atomic E-state index is 13.3. The van der Waals surface area contributed by atoms with E-state index in [4.69, 9.17) is 0 Å². The Labute approximate surface area is 195 Å². The molecule has 1 atom stereocenters. The lowest BCUT2D eigenvalue weighted by Gasteiger charge is -2.22. The number of hydrogen-bond acceptors (Lipinski definition) is 6. The van der Waals surface area contributed by atoms with E-state index in [9.17, 15) is 9.59 Å². The summed E-state index contributed by atoms with van der Waals surface area (Å²) in [6, 6.07) is 23.7. The molecule has 0 aromatic heterocycles. The fraction of sp³-hybridized carbons (Fsp3) is 0.160. The van der Waals surface area contributed by atoms with E-state index in [0.29, 0.717) is 24.1 Å². The van der Waals surface area contributed by atoms with Gasteiger partial charge < -0.3 is 10.6 Å². The summed E-state index contributed by atoms with van der Waals surface area (Å²) in [5, 5.41) is 11.5. The predicted molar refractivity (Wildman–Crippen MR) is 134 cm³/mol. The van der Waals surface area contributed by atoms with E-state index < -0.39 is 6.04 Å². The lowest BCUT2D eigenvalue weighted by Crippen LogP contribution is -2.44. The number of anilines is 2. The molecule has 0 bridgehead atoms. The molecule has 2 amide bonds. The van der Waals surface area contributed by atoms with Crippen LogP contribution in [0.1, 0.15) is 30.8 Å². The van der Waals surface area contributed by atoms with Crippen LogP contribution < -0.4 is 26.7 Å². The number of benzene rings is 3. The number of nitrogens with one attached hydrogen (secondary N) is 4. The normalized spacial score (nSPS) is 13.3. The van der Waals surface area contributed by atoms with Gasteiger partial charge in [0.15, 0.2) is 0 Å². The van der Waals surface area contributed by atoms with Gasteiger partial charge in [0.05, 0.1) is 5.69 Å². The average molecular weight is 447 g/mol. The molecule has 0 radical (unpaired) electrons. The summed E-state index contributed by atoms with van der Waals surface area (Å²) in [7, 11) is 0. The monoisotopic (exact) mass is 446 g/mol. The van der Waals surface area contributed by atoms with Gasteiger partial charge in [-0.1, -0.05) is 54.6 Å². The molecule has 4 rings (SSSR count). The lowest BCUT2D eigenvalue weighted by atomic mass is 10.0. The zero-order valence-electron chi connectivity index (χ0n) is 18.3. The van der Waals surface area contributed by atoms with Crippen molar-refractivity contribution < 1.29 is 12.4 Å². The molecular formula is C25H30N6O2. The molecule has 33 heavy (non-hydrogen) atoms. The van der Waals surface area contributed by atoms with Crippen LogP contribution in [-0.4, -0.2) is 24.2 Å². The molecule has 3 aromatic rings. The van der Waals surface area contributed by atoms with Gasteiger partial charge in [0.25, 0.3) is 5.91 Å². The van der Waals surface area contributed by atoms with Gasteiger partial charge in [-0.25, -0.2) is 10.5 Å². The first kappa shape index (κ1) is 22.0. The summed E-state index contributed by atoms with van der Waals surface area (Å²) >= 11 is 0. The fourth-order valence-corrected chi connectivity index (χ4v) is 3.62. The Morgan fingerprint density at radius 3 is 2.42 bits per heavy atom. The molecule has 172 valence electrons. The highest BCUT2D eigenvalue weighted by Gasteiger charge is 2.23. The topological polar surface area (TPSA) is 97.9 Å². The molecule has 0 aliphatic carbocycles. The van der Waals surface area contributed by atoms with Gasteiger partial charge in [-0.2, -0.15) is 5.10 Å². The van der Waals surface area contributed by atoms with Crippen molar-refractivity contribution in [3.63, 3.8) is 0 Å².